The first-order valence-electron chi connectivity index (χ1n) is 5.14. The normalized spacial score (nSPS) is 14.0. The van der Waals surface area contributed by atoms with E-state index in [-0.39, 0.29) is 21.6 Å². The van der Waals surface area contributed by atoms with Gasteiger partial charge in [-0.3, -0.25) is 9.59 Å². The van der Waals surface area contributed by atoms with Gasteiger partial charge in [-0.05, 0) is 26.7 Å². The number of rotatable bonds is 7. The van der Waals surface area contributed by atoms with Crippen molar-refractivity contribution >= 4 is 43.8 Å². The fourth-order valence-corrected chi connectivity index (χ4v) is 1.79. The minimum Gasteiger partial charge on any atom is -0.465 e. The van der Waals surface area contributed by atoms with Crippen LogP contribution in [0.25, 0.3) is 0 Å². The predicted molar refractivity (Wildman–Crippen MR) is 67.9 cm³/mol. The Hall–Kier alpha value is -0.100. The first kappa shape index (κ1) is 15.9. The Bertz CT molecular complexity index is 209. The lowest BCUT2D eigenvalue weighted by atomic mass is 10.2. The summed E-state index contributed by atoms with van der Waals surface area (Å²) in [6.45, 7) is 4.22. The van der Waals surface area contributed by atoms with Crippen molar-refractivity contribution in [2.75, 3.05) is 13.2 Å². The molecule has 0 aromatic heterocycles. The third kappa shape index (κ3) is 6.48. The minimum absolute atomic E-state index is 0.300. The lowest BCUT2D eigenvalue weighted by molar-refractivity contribution is -0.144. The molecule has 0 aliphatic carbocycles. The Morgan fingerprint density at radius 1 is 0.938 bits per heavy atom. The highest BCUT2D eigenvalue weighted by Crippen LogP contribution is 2.17. The number of halogens is 2. The average Bonchev–Trinajstić information content (AvgIpc) is 2.25. The van der Waals surface area contributed by atoms with Crippen molar-refractivity contribution < 1.29 is 19.1 Å². The zero-order valence-electron chi connectivity index (χ0n) is 9.37. The maximum atomic E-state index is 11.3. The predicted octanol–water partition coefficient (Wildman–Crippen LogP) is 2.42. The van der Waals surface area contributed by atoms with Gasteiger partial charge in [0.2, 0.25) is 0 Å². The van der Waals surface area contributed by atoms with E-state index < -0.39 is 0 Å². The molecule has 0 saturated carbocycles. The zero-order valence-corrected chi connectivity index (χ0v) is 12.5. The molecule has 0 aromatic carbocycles. The van der Waals surface area contributed by atoms with Gasteiger partial charge in [0.1, 0.15) is 9.65 Å². The van der Waals surface area contributed by atoms with E-state index in [1.807, 2.05) is 0 Å². The van der Waals surface area contributed by atoms with Crippen molar-refractivity contribution in [3.8, 4) is 0 Å². The van der Waals surface area contributed by atoms with Gasteiger partial charge < -0.3 is 9.47 Å². The molecule has 0 unspecified atom stereocenters. The van der Waals surface area contributed by atoms with Gasteiger partial charge in [0.25, 0.3) is 0 Å². The molecule has 0 saturated heterocycles. The Kier molecular flexibility index (Phi) is 8.93. The maximum Gasteiger partial charge on any atom is 0.319 e. The third-order valence-corrected chi connectivity index (χ3v) is 3.42. The largest absolute Gasteiger partial charge is 0.465 e. The van der Waals surface area contributed by atoms with Crippen molar-refractivity contribution in [2.45, 2.75) is 36.3 Å². The van der Waals surface area contributed by atoms with Gasteiger partial charge >= 0.3 is 11.9 Å². The van der Waals surface area contributed by atoms with E-state index in [4.69, 9.17) is 9.47 Å². The van der Waals surface area contributed by atoms with E-state index in [9.17, 15) is 9.59 Å². The monoisotopic (exact) mass is 358 g/mol. The van der Waals surface area contributed by atoms with Crippen LogP contribution in [0.1, 0.15) is 26.7 Å². The Labute approximate surface area is 112 Å². The lowest BCUT2D eigenvalue weighted by Gasteiger charge is -2.11. The molecule has 0 rings (SSSR count). The van der Waals surface area contributed by atoms with Crippen LogP contribution in [0.15, 0.2) is 0 Å². The molecule has 0 N–H and O–H groups in total. The molecule has 0 bridgehead atoms. The summed E-state index contributed by atoms with van der Waals surface area (Å²) >= 11 is 6.43. The van der Waals surface area contributed by atoms with Crippen LogP contribution in [0, 0.1) is 0 Å². The zero-order chi connectivity index (χ0) is 12.6. The van der Waals surface area contributed by atoms with Gasteiger partial charge in [-0.2, -0.15) is 0 Å². The fraction of sp³-hybridized carbons (Fsp3) is 0.800. The smallest absolute Gasteiger partial charge is 0.319 e. The van der Waals surface area contributed by atoms with Crippen LogP contribution in [-0.2, 0) is 19.1 Å². The molecule has 0 aliphatic rings. The highest BCUT2D eigenvalue weighted by Gasteiger charge is 2.21. The molecular weight excluding hydrogens is 344 g/mol. The van der Waals surface area contributed by atoms with Crippen molar-refractivity contribution in [3.63, 3.8) is 0 Å². The number of hydrogen-bond donors (Lipinski definition) is 0. The van der Waals surface area contributed by atoms with Gasteiger partial charge in [0.05, 0.1) is 13.2 Å². The topological polar surface area (TPSA) is 52.6 Å². The third-order valence-electron chi connectivity index (χ3n) is 1.76. The maximum absolute atomic E-state index is 11.3. The van der Waals surface area contributed by atoms with Crippen LogP contribution in [0.5, 0.6) is 0 Å². The van der Waals surface area contributed by atoms with Gasteiger partial charge in [-0.25, -0.2) is 0 Å². The van der Waals surface area contributed by atoms with Crippen LogP contribution in [0.3, 0.4) is 0 Å². The SMILES string of the molecule is CCOC(=O)[C@@H](Br)CC[C@H](Br)C(=O)OCC. The van der Waals surface area contributed by atoms with E-state index in [0.717, 1.165) is 0 Å². The highest BCUT2D eigenvalue weighted by molar-refractivity contribution is 9.10. The summed E-state index contributed by atoms with van der Waals surface area (Å²) < 4.78 is 9.65. The van der Waals surface area contributed by atoms with Crippen molar-refractivity contribution in [1.29, 1.82) is 0 Å². The second kappa shape index (κ2) is 8.98. The average molecular weight is 360 g/mol. The quantitative estimate of drug-likeness (QED) is 0.517. The molecule has 0 heterocycles. The molecule has 0 radical (unpaired) electrons. The van der Waals surface area contributed by atoms with E-state index in [2.05, 4.69) is 31.9 Å². The summed E-state index contributed by atoms with van der Waals surface area (Å²) in [7, 11) is 0. The summed E-state index contributed by atoms with van der Waals surface area (Å²) in [5.74, 6) is -0.600. The van der Waals surface area contributed by atoms with E-state index in [1.165, 1.54) is 0 Å². The van der Waals surface area contributed by atoms with Crippen LogP contribution >= 0.6 is 31.9 Å². The number of ether oxygens (including phenoxy) is 2. The molecule has 0 spiro atoms. The highest BCUT2D eigenvalue weighted by atomic mass is 79.9. The fourth-order valence-electron chi connectivity index (χ4n) is 0.994. The minimum atomic E-state index is -0.373. The molecule has 6 heteroatoms. The van der Waals surface area contributed by atoms with Gasteiger partial charge in [-0.1, -0.05) is 31.9 Å². The second-order valence-corrected chi connectivity index (χ2v) is 5.23. The summed E-state index contributed by atoms with van der Waals surface area (Å²) in [6, 6.07) is 0. The molecule has 2 atom stereocenters. The molecule has 0 amide bonds. The van der Waals surface area contributed by atoms with Crippen molar-refractivity contribution in [3.05, 3.63) is 0 Å². The summed E-state index contributed by atoms with van der Waals surface area (Å²) in [4.78, 5) is 21.8. The number of alkyl halides is 2. The number of esters is 2. The van der Waals surface area contributed by atoms with Crippen LogP contribution < -0.4 is 0 Å². The van der Waals surface area contributed by atoms with E-state index in [0.29, 0.717) is 26.1 Å². The lowest BCUT2D eigenvalue weighted by Crippen LogP contribution is -2.22. The van der Waals surface area contributed by atoms with Crippen LogP contribution in [0.2, 0.25) is 0 Å². The first-order valence-corrected chi connectivity index (χ1v) is 6.97. The molecule has 0 aliphatic heterocycles. The van der Waals surface area contributed by atoms with Gasteiger partial charge in [0, 0.05) is 0 Å². The molecule has 0 aromatic rings. The van der Waals surface area contributed by atoms with Crippen LogP contribution in [-0.4, -0.2) is 34.8 Å². The molecule has 4 nitrogen and oxygen atoms in total. The molecule has 94 valence electrons. The molecule has 16 heavy (non-hydrogen) atoms. The summed E-state index contributed by atoms with van der Waals surface area (Å²) in [6.07, 6.45) is 1.04. The first-order chi connectivity index (χ1) is 7.52. The number of carbonyl (C=O) groups excluding carboxylic acids is 2. The van der Waals surface area contributed by atoms with Crippen molar-refractivity contribution in [1.82, 2.24) is 0 Å². The van der Waals surface area contributed by atoms with Gasteiger partial charge in [0.15, 0.2) is 0 Å². The second-order valence-electron chi connectivity index (χ2n) is 3.02. The Morgan fingerprint density at radius 3 is 1.50 bits per heavy atom. The van der Waals surface area contributed by atoms with Crippen LogP contribution in [0.4, 0.5) is 0 Å². The number of carbonyl (C=O) groups is 2. The molecule has 0 fully saturated rings. The molecular formula is C10H16Br2O4. The Morgan fingerprint density at radius 2 is 1.25 bits per heavy atom. The standard InChI is InChI=1S/C10H16Br2O4/c1-3-15-9(13)7(11)5-6-8(12)10(14)16-4-2/h7-8H,3-6H2,1-2H3/t7-,8-/m0/s1. The van der Waals surface area contributed by atoms with Gasteiger partial charge in [-0.15, -0.1) is 0 Å². The van der Waals surface area contributed by atoms with E-state index >= 15 is 0 Å². The Balaban J connectivity index is 3.86. The van der Waals surface area contributed by atoms with Crippen molar-refractivity contribution in [2.24, 2.45) is 0 Å². The summed E-state index contributed by atoms with van der Waals surface area (Å²) in [5.41, 5.74) is 0. The summed E-state index contributed by atoms with van der Waals surface area (Å²) in [5, 5.41) is 0. The number of hydrogen-bond acceptors (Lipinski definition) is 4. The van der Waals surface area contributed by atoms with E-state index in [1.54, 1.807) is 13.8 Å².